The Balaban J connectivity index is 1.83. The highest BCUT2D eigenvalue weighted by atomic mass is 16.7. The van der Waals surface area contributed by atoms with E-state index in [1.54, 1.807) is 0 Å². The Morgan fingerprint density at radius 3 is 1.77 bits per heavy atom. The number of rotatable bonds is 11. The van der Waals surface area contributed by atoms with Crippen LogP contribution in [0.15, 0.2) is 45.8 Å². The van der Waals surface area contributed by atoms with Gasteiger partial charge in [-0.1, -0.05) is 6.07 Å². The number of ether oxygens (including phenoxy) is 9. The van der Waals surface area contributed by atoms with Crippen LogP contribution >= 0.6 is 0 Å². The summed E-state index contributed by atoms with van der Waals surface area (Å²) in [6.45, 7) is 7.11. The quantitative estimate of drug-likeness (QED) is 0.156. The Kier molecular flexibility index (Phi) is 12.5. The van der Waals surface area contributed by atoms with Crippen molar-refractivity contribution in [2.45, 2.75) is 79.2 Å². The molecule has 53 heavy (non-hydrogen) atoms. The Hall–Kier alpha value is -6.30. The van der Waals surface area contributed by atoms with Crippen molar-refractivity contribution in [3.05, 3.63) is 46.8 Å². The number of carbonyl (C=O) groups excluding carboxylic acids is 7. The van der Waals surface area contributed by atoms with Gasteiger partial charge in [0.25, 0.3) is 0 Å². The number of hydrogen-bond donors (Lipinski definition) is 0. The molecule has 0 amide bonds. The van der Waals surface area contributed by atoms with Crippen LogP contribution in [0.2, 0.25) is 0 Å². The van der Waals surface area contributed by atoms with Crippen LogP contribution in [0.5, 0.6) is 23.0 Å². The molecule has 1 saturated heterocycles. The molecule has 2 aromatic carbocycles. The van der Waals surface area contributed by atoms with E-state index in [0.29, 0.717) is 0 Å². The molecule has 1 aliphatic rings. The van der Waals surface area contributed by atoms with Crippen LogP contribution in [0.4, 0.5) is 0 Å². The highest BCUT2D eigenvalue weighted by molar-refractivity contribution is 5.90. The average Bonchev–Trinajstić information content (AvgIpc) is 3.02. The first kappa shape index (κ1) is 39.5. The third-order valence-corrected chi connectivity index (χ3v) is 7.03. The molecule has 0 bridgehead atoms. The zero-order chi connectivity index (χ0) is 39.1. The van der Waals surface area contributed by atoms with Crippen molar-refractivity contribution in [3.63, 3.8) is 0 Å². The van der Waals surface area contributed by atoms with E-state index in [1.807, 2.05) is 0 Å². The molecule has 18 nitrogen and oxygen atoms in total. The van der Waals surface area contributed by atoms with Gasteiger partial charge < -0.3 is 47.0 Å². The van der Waals surface area contributed by atoms with E-state index in [0.717, 1.165) is 60.8 Å². The van der Waals surface area contributed by atoms with Gasteiger partial charge in [0, 0.05) is 60.6 Å². The predicted octanol–water partition coefficient (Wildman–Crippen LogP) is 2.70. The second kappa shape index (κ2) is 16.8. The molecular weight excluding hydrogens is 708 g/mol. The van der Waals surface area contributed by atoms with Gasteiger partial charge in [-0.2, -0.15) is 0 Å². The first-order valence-electron chi connectivity index (χ1n) is 15.7. The Labute approximate surface area is 300 Å². The van der Waals surface area contributed by atoms with Crippen molar-refractivity contribution in [2.24, 2.45) is 0 Å². The van der Waals surface area contributed by atoms with E-state index in [-0.39, 0.29) is 45.1 Å². The van der Waals surface area contributed by atoms with E-state index in [4.69, 9.17) is 47.0 Å². The molecule has 0 N–H and O–H groups in total. The fourth-order valence-electron chi connectivity index (χ4n) is 5.26. The van der Waals surface area contributed by atoms with Gasteiger partial charge in [0.2, 0.25) is 17.8 Å². The fraction of sp³-hybridized carbons (Fsp3) is 0.371. The summed E-state index contributed by atoms with van der Waals surface area (Å²) >= 11 is 0. The Morgan fingerprint density at radius 2 is 1.19 bits per heavy atom. The highest BCUT2D eigenvalue weighted by Gasteiger charge is 2.53. The van der Waals surface area contributed by atoms with Crippen molar-refractivity contribution in [3.8, 4) is 34.1 Å². The summed E-state index contributed by atoms with van der Waals surface area (Å²) in [4.78, 5) is 97.6. The molecule has 282 valence electrons. The molecule has 0 spiro atoms. The average molecular weight is 743 g/mol. The maximum atomic E-state index is 13.9. The molecule has 0 aliphatic carbocycles. The fourth-order valence-corrected chi connectivity index (χ4v) is 5.26. The maximum Gasteiger partial charge on any atom is 0.308 e. The standard InChI is InChI=1S/C35H34O18/c1-15(36)44-14-29-32(49-19(5)40)33(50-20(6)41)34(51-21(7)42)35(53-29)52-23-11-27-30(28(12-23)48-18(4)39)31(43)24(13-45-27)22-8-9-25(46-16(2)37)26(10-22)47-17(3)38/h8-13,29,32-35H,14H2,1-7H3/t29-,32-,33+,34+,35-/m1/s1. The molecule has 1 aliphatic heterocycles. The molecule has 1 fully saturated rings. The normalized spacial score (nSPS) is 19.3. The largest absolute Gasteiger partial charge is 0.463 e. The van der Waals surface area contributed by atoms with Crippen LogP contribution in [0.3, 0.4) is 0 Å². The van der Waals surface area contributed by atoms with E-state index in [1.165, 1.54) is 24.3 Å². The summed E-state index contributed by atoms with van der Waals surface area (Å²) < 4.78 is 54.7. The molecule has 2 heterocycles. The van der Waals surface area contributed by atoms with Crippen molar-refractivity contribution < 1.29 is 80.6 Å². The molecule has 5 atom stereocenters. The summed E-state index contributed by atoms with van der Waals surface area (Å²) in [5, 5.41) is -0.232. The van der Waals surface area contributed by atoms with E-state index >= 15 is 0 Å². The number of hydrogen-bond acceptors (Lipinski definition) is 18. The smallest absolute Gasteiger partial charge is 0.308 e. The monoisotopic (exact) mass is 742 g/mol. The second-order valence-corrected chi connectivity index (χ2v) is 11.4. The van der Waals surface area contributed by atoms with Crippen LogP contribution in [-0.4, -0.2) is 79.1 Å². The summed E-state index contributed by atoms with van der Waals surface area (Å²) in [7, 11) is 0. The van der Waals surface area contributed by atoms with Gasteiger partial charge >= 0.3 is 41.8 Å². The lowest BCUT2D eigenvalue weighted by molar-refractivity contribution is -0.288. The number of esters is 7. The van der Waals surface area contributed by atoms with Gasteiger partial charge in [0.05, 0.1) is 5.56 Å². The van der Waals surface area contributed by atoms with Crippen molar-refractivity contribution in [1.29, 1.82) is 0 Å². The van der Waals surface area contributed by atoms with E-state index < -0.39 is 84.5 Å². The van der Waals surface area contributed by atoms with Crippen molar-refractivity contribution in [1.82, 2.24) is 0 Å². The Morgan fingerprint density at radius 1 is 0.623 bits per heavy atom. The zero-order valence-electron chi connectivity index (χ0n) is 29.4. The van der Waals surface area contributed by atoms with Crippen molar-refractivity contribution >= 4 is 52.8 Å². The van der Waals surface area contributed by atoms with Gasteiger partial charge in [0.1, 0.15) is 41.4 Å². The van der Waals surface area contributed by atoms with Crippen molar-refractivity contribution in [2.75, 3.05) is 6.61 Å². The topological polar surface area (TPSA) is 233 Å². The molecule has 3 aromatic rings. The number of fused-ring (bicyclic) bond motifs is 1. The highest BCUT2D eigenvalue weighted by Crippen LogP contribution is 2.37. The van der Waals surface area contributed by atoms with Gasteiger partial charge in [-0.15, -0.1) is 0 Å². The maximum absolute atomic E-state index is 13.9. The molecular formula is C35H34O18. The summed E-state index contributed by atoms with van der Waals surface area (Å²) in [6, 6.07) is 6.32. The van der Waals surface area contributed by atoms with E-state index in [2.05, 4.69) is 0 Å². The van der Waals surface area contributed by atoms with Gasteiger partial charge in [-0.05, 0) is 17.7 Å². The predicted molar refractivity (Wildman–Crippen MR) is 174 cm³/mol. The molecule has 0 unspecified atom stereocenters. The number of benzene rings is 2. The summed E-state index contributed by atoms with van der Waals surface area (Å²) in [5.41, 5.74) is -0.799. The molecule has 18 heteroatoms. The van der Waals surface area contributed by atoms with Crippen LogP contribution < -0.4 is 24.4 Å². The third-order valence-electron chi connectivity index (χ3n) is 7.03. The minimum atomic E-state index is -1.67. The van der Waals surface area contributed by atoms with Gasteiger partial charge in [-0.25, -0.2) is 0 Å². The number of carbonyl (C=O) groups is 7. The first-order valence-corrected chi connectivity index (χ1v) is 15.7. The SMILES string of the molecule is CC(=O)OC[C@H]1O[C@@H](Oc2cc(OC(C)=O)c3c(=O)c(-c4ccc(OC(C)=O)c(OC(C)=O)c4)coc3c2)[C@@H](OC(C)=O)[C@@H](OC(C)=O)[C@@H]1OC(C)=O. The lowest BCUT2D eigenvalue weighted by Crippen LogP contribution is -2.63. The minimum absolute atomic E-state index is 0.0815. The molecule has 1 aromatic heterocycles. The molecule has 4 rings (SSSR count). The molecule has 0 radical (unpaired) electrons. The van der Waals surface area contributed by atoms with Crippen LogP contribution in [0.25, 0.3) is 22.1 Å². The zero-order valence-corrected chi connectivity index (χ0v) is 29.4. The Bertz CT molecular complexity index is 2010. The van der Waals surface area contributed by atoms with Crippen LogP contribution in [0, 0.1) is 0 Å². The summed E-state index contributed by atoms with van der Waals surface area (Å²) in [5.74, 6) is -6.35. The van der Waals surface area contributed by atoms with E-state index in [9.17, 15) is 38.4 Å². The first-order chi connectivity index (χ1) is 24.9. The lowest BCUT2D eigenvalue weighted by Gasteiger charge is -2.43. The minimum Gasteiger partial charge on any atom is -0.463 e. The third kappa shape index (κ3) is 10.2. The van der Waals surface area contributed by atoms with Gasteiger partial charge in [-0.3, -0.25) is 38.4 Å². The lowest BCUT2D eigenvalue weighted by atomic mass is 9.98. The molecule has 0 saturated carbocycles. The van der Waals surface area contributed by atoms with Gasteiger partial charge in [0.15, 0.2) is 23.7 Å². The van der Waals surface area contributed by atoms with Crippen LogP contribution in [-0.2, 0) is 57.2 Å². The second-order valence-electron chi connectivity index (χ2n) is 11.4. The summed E-state index contributed by atoms with van der Waals surface area (Å²) in [6.07, 6.45) is -6.52. The van der Waals surface area contributed by atoms with Crippen LogP contribution in [0.1, 0.15) is 48.5 Å².